The monoisotopic (exact) mass is 457 g/mol. The Balaban J connectivity index is 2.99. The van der Waals surface area contributed by atoms with E-state index in [1.54, 1.807) is 0 Å². The lowest BCUT2D eigenvalue weighted by molar-refractivity contribution is -0.141. The molecule has 2 rings (SSSR count). The van der Waals surface area contributed by atoms with Crippen LogP contribution < -0.4 is 5.56 Å². The summed E-state index contributed by atoms with van der Waals surface area (Å²) < 4.78 is 78.6. The van der Waals surface area contributed by atoms with Crippen molar-refractivity contribution in [2.24, 2.45) is 0 Å². The molecule has 12 heteroatoms. The number of hydrogen-bond acceptors (Lipinski definition) is 4. The molecule has 0 aliphatic carbocycles. The van der Waals surface area contributed by atoms with Crippen molar-refractivity contribution < 1.29 is 26.3 Å². The van der Waals surface area contributed by atoms with Gasteiger partial charge in [0.15, 0.2) is 5.16 Å². The maximum Gasteiger partial charge on any atom is 0.417 e. The van der Waals surface area contributed by atoms with Crippen molar-refractivity contribution in [3.8, 4) is 17.3 Å². The van der Waals surface area contributed by atoms with E-state index in [4.69, 9.17) is 5.26 Å². The molecule has 138 valence electrons. The fourth-order valence-electron chi connectivity index (χ4n) is 2.07. The van der Waals surface area contributed by atoms with Crippen molar-refractivity contribution in [2.75, 3.05) is 6.26 Å². The first kappa shape index (κ1) is 20.3. The van der Waals surface area contributed by atoms with E-state index in [1.165, 1.54) is 12.3 Å². The predicted molar refractivity (Wildman–Crippen MR) is 84.5 cm³/mol. The lowest BCUT2D eigenvalue weighted by atomic mass is 9.98. The highest BCUT2D eigenvalue weighted by atomic mass is 79.9. The number of H-pyrrole nitrogens is 1. The third-order valence-corrected chi connectivity index (χ3v) is 4.41. The van der Waals surface area contributed by atoms with Gasteiger partial charge < -0.3 is 4.98 Å². The molecule has 0 atom stereocenters. The van der Waals surface area contributed by atoms with E-state index < -0.39 is 50.3 Å². The van der Waals surface area contributed by atoms with Gasteiger partial charge in [-0.05, 0) is 18.4 Å². The molecule has 0 aliphatic rings. The summed E-state index contributed by atoms with van der Waals surface area (Å²) in [4.78, 5) is 17.8. The van der Waals surface area contributed by atoms with Crippen molar-refractivity contribution in [3.63, 3.8) is 0 Å². The molecular formula is C14H6BrF6N3OS. The molecule has 1 aromatic heterocycles. The van der Waals surface area contributed by atoms with Crippen molar-refractivity contribution in [2.45, 2.75) is 17.5 Å². The number of benzene rings is 1. The highest BCUT2D eigenvalue weighted by Crippen LogP contribution is 2.44. The second-order valence-electron chi connectivity index (χ2n) is 4.78. The summed E-state index contributed by atoms with van der Waals surface area (Å²) in [7, 11) is 0. The summed E-state index contributed by atoms with van der Waals surface area (Å²) in [5.41, 5.74) is -6.50. The van der Waals surface area contributed by atoms with Crippen LogP contribution in [0.5, 0.6) is 0 Å². The van der Waals surface area contributed by atoms with Crippen LogP contribution in [0.25, 0.3) is 11.3 Å². The zero-order chi connectivity index (χ0) is 19.9. The van der Waals surface area contributed by atoms with Crippen LogP contribution >= 0.6 is 27.7 Å². The van der Waals surface area contributed by atoms with Gasteiger partial charge in [-0.15, -0.1) is 0 Å². The van der Waals surface area contributed by atoms with Crippen LogP contribution in [0.1, 0.15) is 16.7 Å². The third kappa shape index (κ3) is 3.88. The zero-order valence-corrected chi connectivity index (χ0v) is 14.9. The Bertz CT molecular complexity index is 961. The molecule has 0 unspecified atom stereocenters. The molecule has 0 aliphatic heterocycles. The Kier molecular flexibility index (Phi) is 5.44. The number of halogens is 7. The van der Waals surface area contributed by atoms with Crippen molar-refractivity contribution in [1.82, 2.24) is 9.97 Å². The molecule has 0 amide bonds. The Morgan fingerprint density at radius 3 is 2.19 bits per heavy atom. The molecule has 1 aromatic carbocycles. The highest BCUT2D eigenvalue weighted by Gasteiger charge is 2.40. The molecule has 0 saturated carbocycles. The first-order chi connectivity index (χ1) is 11.9. The first-order valence-electron chi connectivity index (χ1n) is 6.46. The minimum atomic E-state index is -5.04. The third-order valence-electron chi connectivity index (χ3n) is 3.18. The summed E-state index contributed by atoms with van der Waals surface area (Å²) in [6.07, 6.45) is -8.56. The lowest BCUT2D eigenvalue weighted by Gasteiger charge is -2.18. The van der Waals surface area contributed by atoms with Crippen molar-refractivity contribution in [3.05, 3.63) is 43.6 Å². The molecule has 0 saturated heterocycles. The SMILES string of the molecule is CSc1nc(-c2cc(C(F)(F)F)c(Br)cc2C(F)(F)F)c(C#N)c(=O)[nH]1. The van der Waals surface area contributed by atoms with Crippen LogP contribution in [-0.2, 0) is 12.4 Å². The Morgan fingerprint density at radius 2 is 1.73 bits per heavy atom. The smallest absolute Gasteiger partial charge is 0.300 e. The first-order valence-corrected chi connectivity index (χ1v) is 8.48. The molecular weight excluding hydrogens is 452 g/mol. The fraction of sp³-hybridized carbons (Fsp3) is 0.214. The quantitative estimate of drug-likeness (QED) is 0.398. The number of thioether (sulfide) groups is 1. The van der Waals surface area contributed by atoms with E-state index in [0.717, 1.165) is 11.8 Å². The van der Waals surface area contributed by atoms with Crippen molar-refractivity contribution >= 4 is 27.7 Å². The second-order valence-corrected chi connectivity index (χ2v) is 6.43. The minimum Gasteiger partial charge on any atom is -0.300 e. The fourth-order valence-corrected chi connectivity index (χ4v) is 3.01. The Morgan fingerprint density at radius 1 is 1.15 bits per heavy atom. The normalized spacial score (nSPS) is 12.1. The number of alkyl halides is 6. The molecule has 0 fully saturated rings. The molecule has 1 heterocycles. The van der Waals surface area contributed by atoms with E-state index in [-0.39, 0.29) is 17.3 Å². The van der Waals surface area contributed by atoms with E-state index >= 15 is 0 Å². The number of nitrogens with one attached hydrogen (secondary N) is 1. The van der Waals surface area contributed by atoms with E-state index in [2.05, 4.69) is 25.9 Å². The Labute approximate surface area is 154 Å². The van der Waals surface area contributed by atoms with Crippen LogP contribution in [0.3, 0.4) is 0 Å². The largest absolute Gasteiger partial charge is 0.417 e. The molecule has 4 nitrogen and oxygen atoms in total. The zero-order valence-electron chi connectivity index (χ0n) is 12.5. The van der Waals surface area contributed by atoms with Gasteiger partial charge >= 0.3 is 12.4 Å². The topological polar surface area (TPSA) is 69.5 Å². The Hall–Kier alpha value is -2.00. The van der Waals surface area contributed by atoms with E-state index in [0.29, 0.717) is 0 Å². The van der Waals surface area contributed by atoms with Gasteiger partial charge in [-0.1, -0.05) is 27.7 Å². The average molecular weight is 458 g/mol. The summed E-state index contributed by atoms with van der Waals surface area (Å²) in [6, 6.07) is 1.86. The average Bonchev–Trinajstić information content (AvgIpc) is 2.51. The van der Waals surface area contributed by atoms with Gasteiger partial charge in [0, 0.05) is 10.0 Å². The van der Waals surface area contributed by atoms with E-state index in [1.807, 2.05) is 0 Å². The predicted octanol–water partition coefficient (Wildman–Crippen LogP) is 4.83. The van der Waals surface area contributed by atoms with Gasteiger partial charge in [0.25, 0.3) is 5.56 Å². The molecule has 0 spiro atoms. The number of aromatic amines is 1. The summed E-state index contributed by atoms with van der Waals surface area (Å²) in [5.74, 6) is 0. The standard InChI is InChI=1S/C14H6BrF6N3OS/c1-26-12-23-10(6(4-22)11(25)24-12)5-2-8(14(19,20)21)9(15)3-7(5)13(16,17)18/h2-3H,1H3,(H,23,24,25). The minimum absolute atomic E-state index is 0.145. The van der Waals surface area contributed by atoms with Gasteiger partial charge in [-0.25, -0.2) is 4.98 Å². The van der Waals surface area contributed by atoms with Gasteiger partial charge in [-0.3, -0.25) is 4.79 Å². The van der Waals surface area contributed by atoms with Crippen LogP contribution in [0.4, 0.5) is 26.3 Å². The molecule has 1 N–H and O–H groups in total. The molecule has 0 radical (unpaired) electrons. The van der Waals surface area contributed by atoms with Gasteiger partial charge in [0.05, 0.1) is 16.8 Å². The molecule has 26 heavy (non-hydrogen) atoms. The molecule has 2 aromatic rings. The summed E-state index contributed by atoms with van der Waals surface area (Å²) in [5, 5.41) is 8.93. The van der Waals surface area contributed by atoms with Gasteiger partial charge in [-0.2, -0.15) is 31.6 Å². The van der Waals surface area contributed by atoms with Gasteiger partial charge in [0.1, 0.15) is 11.6 Å². The maximum absolute atomic E-state index is 13.4. The van der Waals surface area contributed by atoms with Gasteiger partial charge in [0.2, 0.25) is 0 Å². The van der Waals surface area contributed by atoms with Crippen molar-refractivity contribution in [1.29, 1.82) is 5.26 Å². The van der Waals surface area contributed by atoms with Crippen LogP contribution in [0, 0.1) is 11.3 Å². The summed E-state index contributed by atoms with van der Waals surface area (Å²) in [6.45, 7) is 0. The number of hydrogen-bond donors (Lipinski definition) is 1. The number of rotatable bonds is 2. The lowest BCUT2D eigenvalue weighted by Crippen LogP contribution is -2.17. The van der Waals surface area contributed by atoms with E-state index in [9.17, 15) is 31.1 Å². The number of aromatic nitrogens is 2. The second kappa shape index (κ2) is 6.96. The highest BCUT2D eigenvalue weighted by molar-refractivity contribution is 9.10. The van der Waals surface area contributed by atoms with Crippen LogP contribution in [0.2, 0.25) is 0 Å². The summed E-state index contributed by atoms with van der Waals surface area (Å²) >= 11 is 3.33. The maximum atomic E-state index is 13.4. The number of nitriles is 1. The molecule has 0 bridgehead atoms. The van der Waals surface area contributed by atoms with Crippen LogP contribution in [0.15, 0.2) is 26.6 Å². The van der Waals surface area contributed by atoms with Crippen LogP contribution in [-0.4, -0.2) is 16.2 Å². The number of nitrogens with zero attached hydrogens (tertiary/aromatic N) is 2.